The van der Waals surface area contributed by atoms with E-state index in [0.29, 0.717) is 17.7 Å². The van der Waals surface area contributed by atoms with Crippen molar-refractivity contribution < 1.29 is 13.9 Å². The molecule has 2 N–H and O–H groups in total. The lowest BCUT2D eigenvalue weighted by Gasteiger charge is -2.31. The normalized spacial score (nSPS) is 13.6. The van der Waals surface area contributed by atoms with Gasteiger partial charge in [-0.1, -0.05) is 13.8 Å². The summed E-state index contributed by atoms with van der Waals surface area (Å²) in [6, 6.07) is 2.18. The first kappa shape index (κ1) is 17.1. The van der Waals surface area contributed by atoms with Crippen molar-refractivity contribution >= 4 is 0 Å². The maximum absolute atomic E-state index is 13.9. The molecule has 0 heterocycles. The summed E-state index contributed by atoms with van der Waals surface area (Å²) < 4.78 is 27.4. The number of benzene rings is 1. The summed E-state index contributed by atoms with van der Waals surface area (Å²) in [6.45, 7) is 8.07. The van der Waals surface area contributed by atoms with Crippen LogP contribution in [0.5, 0.6) is 0 Å². The van der Waals surface area contributed by atoms with Crippen molar-refractivity contribution in [1.82, 2.24) is 5.32 Å². The second-order valence-electron chi connectivity index (χ2n) is 5.59. The van der Waals surface area contributed by atoms with Crippen LogP contribution in [0, 0.1) is 24.0 Å². The van der Waals surface area contributed by atoms with E-state index in [2.05, 4.69) is 5.32 Å². The maximum atomic E-state index is 13.9. The van der Waals surface area contributed by atoms with Gasteiger partial charge in [0.1, 0.15) is 11.6 Å². The molecule has 0 saturated heterocycles. The fraction of sp³-hybridized carbons (Fsp3) is 0.625. The van der Waals surface area contributed by atoms with Crippen LogP contribution in [0.4, 0.5) is 8.78 Å². The lowest BCUT2D eigenvalue weighted by atomic mass is 9.83. The Morgan fingerprint density at radius 3 is 2.30 bits per heavy atom. The SMILES string of the molecule is CCC(CC)(CO)CNC(C)c1cc(F)c(C)cc1F. The van der Waals surface area contributed by atoms with Crippen molar-refractivity contribution in [3.8, 4) is 0 Å². The summed E-state index contributed by atoms with van der Waals surface area (Å²) in [5, 5.41) is 12.7. The van der Waals surface area contributed by atoms with E-state index in [1.165, 1.54) is 12.1 Å². The number of aliphatic hydroxyl groups excluding tert-OH is 1. The molecule has 0 aliphatic carbocycles. The third-order valence-electron chi connectivity index (χ3n) is 4.36. The van der Waals surface area contributed by atoms with Crippen LogP contribution in [-0.2, 0) is 0 Å². The topological polar surface area (TPSA) is 32.3 Å². The van der Waals surface area contributed by atoms with Gasteiger partial charge in [0.2, 0.25) is 0 Å². The highest BCUT2D eigenvalue weighted by molar-refractivity contribution is 5.27. The minimum absolute atomic E-state index is 0.0878. The zero-order chi connectivity index (χ0) is 15.3. The molecule has 0 amide bonds. The molecule has 0 aromatic heterocycles. The Balaban J connectivity index is 2.81. The van der Waals surface area contributed by atoms with E-state index in [4.69, 9.17) is 0 Å². The van der Waals surface area contributed by atoms with E-state index >= 15 is 0 Å². The Labute approximate surface area is 120 Å². The van der Waals surface area contributed by atoms with E-state index in [-0.39, 0.29) is 18.1 Å². The number of nitrogens with one attached hydrogen (secondary N) is 1. The predicted molar refractivity (Wildman–Crippen MR) is 77.6 cm³/mol. The van der Waals surface area contributed by atoms with Gasteiger partial charge in [0.25, 0.3) is 0 Å². The summed E-state index contributed by atoms with van der Waals surface area (Å²) in [4.78, 5) is 0. The number of aryl methyl sites for hydroxylation is 1. The molecule has 2 nitrogen and oxygen atoms in total. The first-order valence-electron chi connectivity index (χ1n) is 7.19. The van der Waals surface area contributed by atoms with E-state index < -0.39 is 11.6 Å². The number of aliphatic hydroxyl groups is 1. The highest BCUT2D eigenvalue weighted by atomic mass is 19.1. The molecule has 0 spiro atoms. The third kappa shape index (κ3) is 3.76. The lowest BCUT2D eigenvalue weighted by Crippen LogP contribution is -2.37. The smallest absolute Gasteiger partial charge is 0.128 e. The maximum Gasteiger partial charge on any atom is 0.128 e. The summed E-state index contributed by atoms with van der Waals surface area (Å²) in [5.41, 5.74) is 0.436. The molecule has 1 unspecified atom stereocenters. The van der Waals surface area contributed by atoms with Crippen molar-refractivity contribution in [2.24, 2.45) is 5.41 Å². The average molecular weight is 285 g/mol. The van der Waals surface area contributed by atoms with Crippen LogP contribution < -0.4 is 5.32 Å². The Kier molecular flexibility index (Phi) is 6.08. The number of hydrogen-bond acceptors (Lipinski definition) is 2. The molecule has 0 saturated carbocycles. The summed E-state index contributed by atoms with van der Waals surface area (Å²) in [7, 11) is 0. The van der Waals surface area contributed by atoms with Gasteiger partial charge >= 0.3 is 0 Å². The molecular formula is C16H25F2NO. The van der Waals surface area contributed by atoms with Crippen LogP contribution in [0.2, 0.25) is 0 Å². The predicted octanol–water partition coefficient (Wildman–Crippen LogP) is 3.72. The molecule has 0 fully saturated rings. The van der Waals surface area contributed by atoms with E-state index in [1.807, 2.05) is 13.8 Å². The van der Waals surface area contributed by atoms with Crippen molar-refractivity contribution in [3.63, 3.8) is 0 Å². The van der Waals surface area contributed by atoms with Gasteiger partial charge < -0.3 is 10.4 Å². The molecule has 20 heavy (non-hydrogen) atoms. The van der Waals surface area contributed by atoms with Gasteiger partial charge in [0.15, 0.2) is 0 Å². The van der Waals surface area contributed by atoms with E-state index in [1.54, 1.807) is 13.8 Å². The van der Waals surface area contributed by atoms with Gasteiger partial charge in [0.05, 0.1) is 0 Å². The number of hydrogen-bond donors (Lipinski definition) is 2. The molecule has 0 aliphatic rings. The lowest BCUT2D eigenvalue weighted by molar-refractivity contribution is 0.110. The Hall–Kier alpha value is -1.00. The molecule has 114 valence electrons. The summed E-state index contributed by atoms with van der Waals surface area (Å²) in [5.74, 6) is -0.791. The van der Waals surface area contributed by atoms with Gasteiger partial charge in [-0.15, -0.1) is 0 Å². The molecule has 0 aliphatic heterocycles. The molecule has 0 radical (unpaired) electrons. The molecular weight excluding hydrogens is 260 g/mol. The van der Waals surface area contributed by atoms with Gasteiger partial charge in [0, 0.05) is 30.2 Å². The van der Waals surface area contributed by atoms with Crippen molar-refractivity contribution in [2.45, 2.75) is 46.6 Å². The number of halogens is 2. The molecule has 1 rings (SSSR count). The van der Waals surface area contributed by atoms with Crippen LogP contribution in [0.1, 0.15) is 50.8 Å². The second-order valence-corrected chi connectivity index (χ2v) is 5.59. The summed E-state index contributed by atoms with van der Waals surface area (Å²) in [6.07, 6.45) is 1.68. The third-order valence-corrected chi connectivity index (χ3v) is 4.36. The van der Waals surface area contributed by atoms with Crippen molar-refractivity contribution in [3.05, 3.63) is 34.9 Å². The molecule has 1 aromatic rings. The van der Waals surface area contributed by atoms with Crippen LogP contribution in [-0.4, -0.2) is 18.3 Å². The summed E-state index contributed by atoms with van der Waals surface area (Å²) >= 11 is 0. The van der Waals surface area contributed by atoms with E-state index in [0.717, 1.165) is 12.8 Å². The van der Waals surface area contributed by atoms with Crippen LogP contribution in [0.25, 0.3) is 0 Å². The zero-order valence-electron chi connectivity index (χ0n) is 12.8. The highest BCUT2D eigenvalue weighted by Crippen LogP contribution is 2.27. The van der Waals surface area contributed by atoms with Gasteiger partial charge in [-0.2, -0.15) is 0 Å². The highest BCUT2D eigenvalue weighted by Gasteiger charge is 2.26. The van der Waals surface area contributed by atoms with Crippen molar-refractivity contribution in [1.29, 1.82) is 0 Å². The molecule has 4 heteroatoms. The molecule has 1 aromatic carbocycles. The van der Waals surface area contributed by atoms with E-state index in [9.17, 15) is 13.9 Å². The van der Waals surface area contributed by atoms with Gasteiger partial charge in [-0.3, -0.25) is 0 Å². The van der Waals surface area contributed by atoms with Crippen LogP contribution in [0.3, 0.4) is 0 Å². The monoisotopic (exact) mass is 285 g/mol. The molecule has 0 bridgehead atoms. The van der Waals surface area contributed by atoms with Gasteiger partial charge in [-0.05, 0) is 44.4 Å². The Morgan fingerprint density at radius 1 is 1.20 bits per heavy atom. The van der Waals surface area contributed by atoms with Crippen LogP contribution in [0.15, 0.2) is 12.1 Å². The van der Waals surface area contributed by atoms with Gasteiger partial charge in [-0.25, -0.2) is 8.78 Å². The quantitative estimate of drug-likeness (QED) is 0.800. The average Bonchev–Trinajstić information content (AvgIpc) is 2.44. The first-order valence-corrected chi connectivity index (χ1v) is 7.19. The van der Waals surface area contributed by atoms with Crippen LogP contribution >= 0.6 is 0 Å². The number of rotatable bonds is 7. The fourth-order valence-electron chi connectivity index (χ4n) is 2.25. The standard InChI is InChI=1S/C16H25F2NO/c1-5-16(6-2,10-20)9-19-12(4)13-8-14(17)11(3)7-15(13)18/h7-8,12,19-20H,5-6,9-10H2,1-4H3. The first-order chi connectivity index (χ1) is 9.39. The zero-order valence-corrected chi connectivity index (χ0v) is 12.8. The minimum atomic E-state index is -0.397. The Bertz CT molecular complexity index is 436. The second kappa shape index (κ2) is 7.14. The Morgan fingerprint density at radius 2 is 1.80 bits per heavy atom. The fourth-order valence-corrected chi connectivity index (χ4v) is 2.25. The minimum Gasteiger partial charge on any atom is -0.396 e. The largest absolute Gasteiger partial charge is 0.396 e. The van der Waals surface area contributed by atoms with Crippen molar-refractivity contribution in [2.75, 3.05) is 13.2 Å². The molecule has 1 atom stereocenters.